The summed E-state index contributed by atoms with van der Waals surface area (Å²) >= 11 is 2.00. The van der Waals surface area contributed by atoms with Crippen molar-refractivity contribution in [2.24, 2.45) is 0 Å². The number of hydrogen-bond acceptors (Lipinski definition) is 3. The molecule has 0 aliphatic heterocycles. The third-order valence-electron chi connectivity index (χ3n) is 3.35. The number of aryl methyl sites for hydroxylation is 1. The van der Waals surface area contributed by atoms with Crippen LogP contribution in [-0.2, 0) is 13.0 Å². The van der Waals surface area contributed by atoms with Crippen molar-refractivity contribution >= 4 is 11.8 Å². The van der Waals surface area contributed by atoms with E-state index in [0.717, 1.165) is 29.7 Å². The van der Waals surface area contributed by atoms with E-state index in [4.69, 9.17) is 4.42 Å². The quantitative estimate of drug-likeness (QED) is 0.854. The molecule has 2 nitrogen and oxygen atoms in total. The Morgan fingerprint density at radius 1 is 1.38 bits per heavy atom. The first kappa shape index (κ1) is 12.1. The second-order valence-corrected chi connectivity index (χ2v) is 5.61. The first-order valence-electron chi connectivity index (χ1n) is 6.15. The molecule has 2 rings (SSSR count). The zero-order valence-electron chi connectivity index (χ0n) is 10.2. The van der Waals surface area contributed by atoms with Crippen LogP contribution in [0.2, 0.25) is 0 Å². The maximum Gasteiger partial charge on any atom is 0.117 e. The van der Waals surface area contributed by atoms with Crippen LogP contribution >= 0.6 is 11.8 Å². The Hall–Kier alpha value is -0.410. The van der Waals surface area contributed by atoms with Gasteiger partial charge in [-0.15, -0.1) is 0 Å². The van der Waals surface area contributed by atoms with Crippen molar-refractivity contribution in [3.63, 3.8) is 0 Å². The van der Waals surface area contributed by atoms with Crippen molar-refractivity contribution in [2.45, 2.75) is 50.4 Å². The molecule has 1 heterocycles. The van der Waals surface area contributed by atoms with E-state index < -0.39 is 0 Å². The van der Waals surface area contributed by atoms with Gasteiger partial charge < -0.3 is 9.73 Å². The molecule has 0 amide bonds. The average molecular weight is 239 g/mol. The molecule has 1 aliphatic carbocycles. The van der Waals surface area contributed by atoms with Crippen LogP contribution in [0.1, 0.15) is 37.7 Å². The highest BCUT2D eigenvalue weighted by Crippen LogP contribution is 2.28. The molecule has 1 saturated carbocycles. The van der Waals surface area contributed by atoms with Gasteiger partial charge >= 0.3 is 0 Å². The molecule has 3 heteroatoms. The second kappa shape index (κ2) is 5.78. The molecule has 0 aromatic carbocycles. The van der Waals surface area contributed by atoms with E-state index in [1.54, 1.807) is 0 Å². The molecule has 16 heavy (non-hydrogen) atoms. The van der Waals surface area contributed by atoms with Gasteiger partial charge in [0, 0.05) is 17.7 Å². The second-order valence-electron chi connectivity index (χ2n) is 4.47. The van der Waals surface area contributed by atoms with Gasteiger partial charge in [-0.05, 0) is 37.7 Å². The van der Waals surface area contributed by atoms with Crippen LogP contribution in [0, 0.1) is 0 Å². The molecular formula is C13H21NOS. The SMILES string of the molecule is CCc1ccc(CNC2CCC(SC)C2)o1. The molecule has 2 unspecified atom stereocenters. The number of furan rings is 1. The minimum absolute atomic E-state index is 0.688. The van der Waals surface area contributed by atoms with Gasteiger partial charge in [0.25, 0.3) is 0 Å². The van der Waals surface area contributed by atoms with Crippen LogP contribution in [0.4, 0.5) is 0 Å². The fourth-order valence-electron chi connectivity index (χ4n) is 2.29. The predicted molar refractivity (Wildman–Crippen MR) is 69.9 cm³/mol. The van der Waals surface area contributed by atoms with Gasteiger partial charge in [-0.3, -0.25) is 0 Å². The molecule has 0 saturated heterocycles. The Labute approximate surface area is 102 Å². The number of rotatable bonds is 5. The van der Waals surface area contributed by atoms with E-state index in [0.29, 0.717) is 6.04 Å². The van der Waals surface area contributed by atoms with Crippen molar-refractivity contribution in [3.8, 4) is 0 Å². The Morgan fingerprint density at radius 2 is 2.19 bits per heavy atom. The number of nitrogens with one attached hydrogen (secondary N) is 1. The molecule has 1 aromatic heterocycles. The smallest absolute Gasteiger partial charge is 0.117 e. The first-order valence-corrected chi connectivity index (χ1v) is 7.44. The van der Waals surface area contributed by atoms with Gasteiger partial charge in [-0.2, -0.15) is 11.8 Å². The predicted octanol–water partition coefficient (Wildman–Crippen LogP) is 3.22. The van der Waals surface area contributed by atoms with Gasteiger partial charge in [0.1, 0.15) is 11.5 Å². The summed E-state index contributed by atoms with van der Waals surface area (Å²) < 4.78 is 5.68. The van der Waals surface area contributed by atoms with Crippen LogP contribution in [0.5, 0.6) is 0 Å². The van der Waals surface area contributed by atoms with Gasteiger partial charge in [-0.1, -0.05) is 6.92 Å². The summed E-state index contributed by atoms with van der Waals surface area (Å²) in [7, 11) is 0. The third kappa shape index (κ3) is 3.05. The highest BCUT2D eigenvalue weighted by molar-refractivity contribution is 7.99. The summed E-state index contributed by atoms with van der Waals surface area (Å²) in [6, 6.07) is 4.86. The Morgan fingerprint density at radius 3 is 2.81 bits per heavy atom. The molecule has 2 atom stereocenters. The van der Waals surface area contributed by atoms with Gasteiger partial charge in [0.05, 0.1) is 6.54 Å². The summed E-state index contributed by atoms with van der Waals surface area (Å²) in [5, 5.41) is 4.45. The fraction of sp³-hybridized carbons (Fsp3) is 0.692. The summed E-state index contributed by atoms with van der Waals surface area (Å²) in [4.78, 5) is 0. The average Bonchev–Trinajstić information content (AvgIpc) is 2.95. The normalized spacial score (nSPS) is 25.1. The lowest BCUT2D eigenvalue weighted by Crippen LogP contribution is -2.25. The molecule has 0 spiro atoms. The highest BCUT2D eigenvalue weighted by atomic mass is 32.2. The van der Waals surface area contributed by atoms with Crippen LogP contribution < -0.4 is 5.32 Å². The fourth-order valence-corrected chi connectivity index (χ4v) is 3.09. The number of thioether (sulfide) groups is 1. The molecular weight excluding hydrogens is 218 g/mol. The lowest BCUT2D eigenvalue weighted by atomic mass is 10.2. The number of hydrogen-bond donors (Lipinski definition) is 1. The highest BCUT2D eigenvalue weighted by Gasteiger charge is 2.23. The van der Waals surface area contributed by atoms with E-state index in [1.165, 1.54) is 19.3 Å². The van der Waals surface area contributed by atoms with Crippen LogP contribution in [0.3, 0.4) is 0 Å². The molecule has 1 N–H and O–H groups in total. The van der Waals surface area contributed by atoms with Crippen molar-refractivity contribution in [3.05, 3.63) is 23.7 Å². The van der Waals surface area contributed by atoms with Crippen LogP contribution in [0.25, 0.3) is 0 Å². The monoisotopic (exact) mass is 239 g/mol. The van der Waals surface area contributed by atoms with E-state index in [1.807, 2.05) is 11.8 Å². The molecule has 0 radical (unpaired) electrons. The third-order valence-corrected chi connectivity index (χ3v) is 4.44. The largest absolute Gasteiger partial charge is 0.465 e. The van der Waals surface area contributed by atoms with Crippen molar-refractivity contribution in [2.75, 3.05) is 6.26 Å². The lowest BCUT2D eigenvalue weighted by Gasteiger charge is -2.11. The van der Waals surface area contributed by atoms with Gasteiger partial charge in [-0.25, -0.2) is 0 Å². The first-order chi connectivity index (χ1) is 7.81. The van der Waals surface area contributed by atoms with Crippen LogP contribution in [-0.4, -0.2) is 17.5 Å². The minimum atomic E-state index is 0.688. The maximum atomic E-state index is 5.68. The zero-order valence-corrected chi connectivity index (χ0v) is 11.0. The zero-order chi connectivity index (χ0) is 11.4. The Balaban J connectivity index is 1.75. The molecule has 1 aliphatic rings. The minimum Gasteiger partial charge on any atom is -0.465 e. The van der Waals surface area contributed by atoms with E-state index in [2.05, 4.69) is 30.6 Å². The van der Waals surface area contributed by atoms with Crippen molar-refractivity contribution in [1.29, 1.82) is 0 Å². The van der Waals surface area contributed by atoms with Gasteiger partial charge in [0.15, 0.2) is 0 Å². The molecule has 1 fully saturated rings. The Kier molecular flexibility index (Phi) is 4.36. The Bertz CT molecular complexity index is 323. The maximum absolute atomic E-state index is 5.68. The van der Waals surface area contributed by atoms with E-state index in [9.17, 15) is 0 Å². The molecule has 90 valence electrons. The van der Waals surface area contributed by atoms with E-state index >= 15 is 0 Å². The topological polar surface area (TPSA) is 25.2 Å². The standard InChI is InChI=1S/C13H21NOS/c1-3-11-5-6-12(15-11)9-14-10-4-7-13(8-10)16-2/h5-6,10,13-14H,3-4,7-9H2,1-2H3. The van der Waals surface area contributed by atoms with E-state index in [-0.39, 0.29) is 0 Å². The summed E-state index contributed by atoms with van der Waals surface area (Å²) in [6.07, 6.45) is 7.18. The summed E-state index contributed by atoms with van der Waals surface area (Å²) in [5.74, 6) is 2.16. The van der Waals surface area contributed by atoms with Crippen molar-refractivity contribution < 1.29 is 4.42 Å². The summed E-state index contributed by atoms with van der Waals surface area (Å²) in [5.41, 5.74) is 0. The lowest BCUT2D eigenvalue weighted by molar-refractivity contribution is 0.426. The molecule has 0 bridgehead atoms. The van der Waals surface area contributed by atoms with Gasteiger partial charge in [0.2, 0.25) is 0 Å². The van der Waals surface area contributed by atoms with Crippen molar-refractivity contribution in [1.82, 2.24) is 5.32 Å². The molecule has 1 aromatic rings. The van der Waals surface area contributed by atoms with Crippen LogP contribution in [0.15, 0.2) is 16.5 Å². The summed E-state index contributed by atoms with van der Waals surface area (Å²) in [6.45, 7) is 3.00.